The van der Waals surface area contributed by atoms with E-state index in [1.807, 2.05) is 6.08 Å². The molecule has 62 valence electrons. The molecule has 0 aromatic carbocycles. The van der Waals surface area contributed by atoms with Gasteiger partial charge in [0.2, 0.25) is 0 Å². The molecule has 0 saturated carbocycles. The van der Waals surface area contributed by atoms with E-state index in [9.17, 15) is 0 Å². The fraction of sp³-hybridized carbons (Fsp3) is 0.800. The smallest absolute Gasteiger partial charge is 0.0707 e. The molecular formula is C10H19B. The van der Waals surface area contributed by atoms with E-state index in [1.165, 1.54) is 12.8 Å². The molecule has 1 heteroatoms. The van der Waals surface area contributed by atoms with Gasteiger partial charge in [-0.2, -0.15) is 0 Å². The summed E-state index contributed by atoms with van der Waals surface area (Å²) in [6.07, 6.45) is 6.72. The van der Waals surface area contributed by atoms with E-state index in [-0.39, 0.29) is 0 Å². The summed E-state index contributed by atoms with van der Waals surface area (Å²) in [6, 6.07) is 0. The quantitative estimate of drug-likeness (QED) is 0.402. The molecule has 0 N–H and O–H groups in total. The molecule has 0 heterocycles. The minimum Gasteiger partial charge on any atom is -0.103 e. The van der Waals surface area contributed by atoms with Crippen molar-refractivity contribution in [2.24, 2.45) is 5.92 Å². The van der Waals surface area contributed by atoms with Gasteiger partial charge in [-0.1, -0.05) is 51.4 Å². The monoisotopic (exact) mass is 150 g/mol. The molecule has 11 heavy (non-hydrogen) atoms. The van der Waals surface area contributed by atoms with Gasteiger partial charge in [0.25, 0.3) is 0 Å². The predicted molar refractivity (Wildman–Crippen MR) is 53.0 cm³/mol. The summed E-state index contributed by atoms with van der Waals surface area (Å²) in [5.41, 5.74) is 0. The molecule has 0 amide bonds. The second-order valence-electron chi connectivity index (χ2n) is 3.11. The van der Waals surface area contributed by atoms with E-state index >= 15 is 0 Å². The van der Waals surface area contributed by atoms with Crippen LogP contribution in [0.2, 0.25) is 5.82 Å². The van der Waals surface area contributed by atoms with Crippen molar-refractivity contribution in [2.75, 3.05) is 0 Å². The summed E-state index contributed by atoms with van der Waals surface area (Å²) in [5, 5.41) is 0. The lowest BCUT2D eigenvalue weighted by Gasteiger charge is -2.18. The summed E-state index contributed by atoms with van der Waals surface area (Å²) in [4.78, 5) is 0. The molecule has 0 aliphatic carbocycles. The van der Waals surface area contributed by atoms with Crippen LogP contribution in [0.4, 0.5) is 0 Å². The Labute approximate surface area is 72.5 Å². The number of allylic oxidation sites excluding steroid dienone is 1. The molecule has 0 aliphatic rings. The van der Waals surface area contributed by atoms with Crippen LogP contribution in [0.5, 0.6) is 0 Å². The Hall–Kier alpha value is -0.195. The molecular weight excluding hydrogens is 131 g/mol. The van der Waals surface area contributed by atoms with Crippen molar-refractivity contribution in [3.8, 4) is 0 Å². The van der Waals surface area contributed by atoms with Crippen molar-refractivity contribution >= 4 is 7.85 Å². The second-order valence-corrected chi connectivity index (χ2v) is 3.11. The molecule has 0 bridgehead atoms. The SMILES string of the molecule is [B]C(CCCC)C(C=C)CC. The molecule has 0 aliphatic heterocycles. The Kier molecular flexibility index (Phi) is 6.40. The topological polar surface area (TPSA) is 0 Å². The standard InChI is InChI=1S/C10H19B/c1-4-7-8-10(11)9(5-2)6-3/h5,9-10H,2,4,6-8H2,1,3H3. The maximum Gasteiger partial charge on any atom is 0.0707 e. The van der Waals surface area contributed by atoms with E-state index in [0.29, 0.717) is 11.7 Å². The Morgan fingerprint density at radius 2 is 2.09 bits per heavy atom. The average molecular weight is 150 g/mol. The van der Waals surface area contributed by atoms with E-state index < -0.39 is 0 Å². The third-order valence-corrected chi connectivity index (χ3v) is 2.22. The first-order valence-electron chi connectivity index (χ1n) is 4.64. The van der Waals surface area contributed by atoms with Crippen LogP contribution in [0.25, 0.3) is 0 Å². The van der Waals surface area contributed by atoms with Crippen molar-refractivity contribution in [3.05, 3.63) is 12.7 Å². The van der Waals surface area contributed by atoms with Crippen LogP contribution in [0.3, 0.4) is 0 Å². The Bertz CT molecular complexity index is 99.0. The molecule has 2 radical (unpaired) electrons. The van der Waals surface area contributed by atoms with Crippen LogP contribution in [-0.4, -0.2) is 7.85 Å². The third-order valence-electron chi connectivity index (χ3n) is 2.22. The highest BCUT2D eigenvalue weighted by molar-refractivity contribution is 6.11. The van der Waals surface area contributed by atoms with E-state index in [4.69, 9.17) is 7.85 Å². The molecule has 2 unspecified atom stereocenters. The van der Waals surface area contributed by atoms with Crippen LogP contribution < -0.4 is 0 Å². The number of hydrogen-bond donors (Lipinski definition) is 0. The van der Waals surface area contributed by atoms with Gasteiger partial charge in [0.15, 0.2) is 0 Å². The van der Waals surface area contributed by atoms with Crippen LogP contribution >= 0.6 is 0 Å². The minimum atomic E-state index is 0.331. The molecule has 0 nitrogen and oxygen atoms in total. The van der Waals surface area contributed by atoms with Crippen molar-refractivity contribution in [1.29, 1.82) is 0 Å². The Morgan fingerprint density at radius 1 is 1.45 bits per heavy atom. The van der Waals surface area contributed by atoms with Crippen LogP contribution in [0.1, 0.15) is 39.5 Å². The van der Waals surface area contributed by atoms with Gasteiger partial charge in [-0.25, -0.2) is 0 Å². The molecule has 2 atom stereocenters. The van der Waals surface area contributed by atoms with Crippen LogP contribution in [0.15, 0.2) is 12.7 Å². The lowest BCUT2D eigenvalue weighted by molar-refractivity contribution is 0.527. The zero-order valence-corrected chi connectivity index (χ0v) is 7.84. The van der Waals surface area contributed by atoms with Gasteiger partial charge >= 0.3 is 0 Å². The van der Waals surface area contributed by atoms with Gasteiger partial charge in [0, 0.05) is 0 Å². The molecule has 0 aromatic heterocycles. The van der Waals surface area contributed by atoms with Crippen LogP contribution in [0, 0.1) is 5.92 Å². The minimum absolute atomic E-state index is 0.331. The van der Waals surface area contributed by atoms with Crippen molar-refractivity contribution < 1.29 is 0 Å². The Morgan fingerprint density at radius 3 is 2.45 bits per heavy atom. The van der Waals surface area contributed by atoms with Gasteiger partial charge in [-0.3, -0.25) is 0 Å². The highest BCUT2D eigenvalue weighted by Gasteiger charge is 2.09. The summed E-state index contributed by atoms with van der Waals surface area (Å²) in [5.74, 6) is 0.846. The van der Waals surface area contributed by atoms with Gasteiger partial charge in [-0.15, -0.1) is 6.58 Å². The van der Waals surface area contributed by atoms with E-state index in [0.717, 1.165) is 12.8 Å². The van der Waals surface area contributed by atoms with Gasteiger partial charge in [0.05, 0.1) is 7.85 Å². The maximum absolute atomic E-state index is 5.95. The van der Waals surface area contributed by atoms with Crippen LogP contribution in [-0.2, 0) is 0 Å². The number of unbranched alkanes of at least 4 members (excludes halogenated alkanes) is 1. The van der Waals surface area contributed by atoms with Gasteiger partial charge in [-0.05, 0) is 5.92 Å². The maximum atomic E-state index is 5.95. The van der Waals surface area contributed by atoms with Crippen molar-refractivity contribution in [1.82, 2.24) is 0 Å². The molecule has 0 rings (SSSR count). The summed E-state index contributed by atoms with van der Waals surface area (Å²) in [7, 11) is 5.95. The zero-order chi connectivity index (χ0) is 8.69. The largest absolute Gasteiger partial charge is 0.103 e. The molecule has 0 saturated heterocycles. The summed E-state index contributed by atoms with van der Waals surface area (Å²) in [6.45, 7) is 8.14. The zero-order valence-electron chi connectivity index (χ0n) is 7.84. The third kappa shape index (κ3) is 4.29. The lowest BCUT2D eigenvalue weighted by Crippen LogP contribution is -2.05. The lowest BCUT2D eigenvalue weighted by atomic mass is 9.72. The molecule has 0 aromatic rings. The Balaban J connectivity index is 3.59. The number of rotatable bonds is 6. The van der Waals surface area contributed by atoms with Crippen molar-refractivity contribution in [3.63, 3.8) is 0 Å². The fourth-order valence-electron chi connectivity index (χ4n) is 1.30. The first-order chi connectivity index (χ1) is 5.26. The summed E-state index contributed by atoms with van der Waals surface area (Å²) < 4.78 is 0. The summed E-state index contributed by atoms with van der Waals surface area (Å²) >= 11 is 0. The van der Waals surface area contributed by atoms with E-state index in [1.54, 1.807) is 0 Å². The highest BCUT2D eigenvalue weighted by Crippen LogP contribution is 2.24. The number of hydrogen-bond acceptors (Lipinski definition) is 0. The first-order valence-corrected chi connectivity index (χ1v) is 4.64. The average Bonchev–Trinajstić information content (AvgIpc) is 2.03. The van der Waals surface area contributed by atoms with Gasteiger partial charge in [0.1, 0.15) is 0 Å². The predicted octanol–water partition coefficient (Wildman–Crippen LogP) is 3.35. The normalized spacial score (nSPS) is 15.8. The molecule has 0 fully saturated rings. The first kappa shape index (κ1) is 10.8. The molecule has 0 spiro atoms. The van der Waals surface area contributed by atoms with Gasteiger partial charge < -0.3 is 0 Å². The highest BCUT2D eigenvalue weighted by atomic mass is 14.1. The van der Waals surface area contributed by atoms with E-state index in [2.05, 4.69) is 20.4 Å². The second kappa shape index (κ2) is 6.51. The van der Waals surface area contributed by atoms with Crippen molar-refractivity contribution in [2.45, 2.75) is 45.3 Å². The fourth-order valence-corrected chi connectivity index (χ4v) is 1.30.